The van der Waals surface area contributed by atoms with Crippen LogP contribution < -0.4 is 0 Å². The molecule has 0 N–H and O–H groups in total. The van der Waals surface area contributed by atoms with Gasteiger partial charge in [0.05, 0.1) is 5.92 Å². The van der Waals surface area contributed by atoms with Crippen LogP contribution >= 0.6 is 0 Å². The highest BCUT2D eigenvalue weighted by Crippen LogP contribution is 2.34. The highest BCUT2D eigenvalue weighted by molar-refractivity contribution is 5.83. The molecule has 2 heterocycles. The minimum absolute atomic E-state index is 0.0812. The summed E-state index contributed by atoms with van der Waals surface area (Å²) in [4.78, 5) is 14.4. The van der Waals surface area contributed by atoms with Gasteiger partial charge in [-0.2, -0.15) is 0 Å². The zero-order chi connectivity index (χ0) is 11.0. The largest absolute Gasteiger partial charge is 0.316 e. The third-order valence-electron chi connectivity index (χ3n) is 3.95. The highest BCUT2D eigenvalue weighted by atomic mass is 16.2. The van der Waals surface area contributed by atoms with Gasteiger partial charge in [-0.1, -0.05) is 30.4 Å². The molecule has 0 saturated carbocycles. The number of allylic oxidation sites excluding steroid dienone is 4. The van der Waals surface area contributed by atoms with Gasteiger partial charge in [-0.3, -0.25) is 4.79 Å². The smallest absolute Gasteiger partial charge is 0.234 e. The monoisotopic (exact) mass is 215 g/mol. The van der Waals surface area contributed by atoms with Crippen molar-refractivity contribution in [1.29, 1.82) is 0 Å². The number of rotatable bonds is 0. The molecule has 84 valence electrons. The molecule has 16 heavy (non-hydrogen) atoms. The van der Waals surface area contributed by atoms with Crippen molar-refractivity contribution < 1.29 is 4.79 Å². The summed E-state index contributed by atoms with van der Waals surface area (Å²) in [5.41, 5.74) is 0. The molecule has 2 heteroatoms. The SMILES string of the molecule is O=C1C2C=CC=CC2CCC2CCC=CN12. The van der Waals surface area contributed by atoms with Gasteiger partial charge in [0.25, 0.3) is 0 Å². The Labute approximate surface area is 96.3 Å². The molecule has 2 nitrogen and oxygen atoms in total. The van der Waals surface area contributed by atoms with Crippen LogP contribution in [-0.2, 0) is 4.79 Å². The number of hydrogen-bond donors (Lipinski definition) is 0. The van der Waals surface area contributed by atoms with Crippen LogP contribution in [0.15, 0.2) is 36.6 Å². The third-order valence-corrected chi connectivity index (χ3v) is 3.95. The van der Waals surface area contributed by atoms with Crippen LogP contribution in [0.2, 0.25) is 0 Å². The lowest BCUT2D eigenvalue weighted by molar-refractivity contribution is -0.133. The van der Waals surface area contributed by atoms with Crippen LogP contribution in [-0.4, -0.2) is 16.8 Å². The van der Waals surface area contributed by atoms with Crippen LogP contribution in [0.5, 0.6) is 0 Å². The van der Waals surface area contributed by atoms with E-state index >= 15 is 0 Å². The third kappa shape index (κ3) is 1.53. The van der Waals surface area contributed by atoms with E-state index in [-0.39, 0.29) is 5.92 Å². The summed E-state index contributed by atoms with van der Waals surface area (Å²) in [6.45, 7) is 0. The summed E-state index contributed by atoms with van der Waals surface area (Å²) in [6.07, 6.45) is 17.0. The first-order valence-electron chi connectivity index (χ1n) is 6.20. The summed E-state index contributed by atoms with van der Waals surface area (Å²) in [7, 11) is 0. The number of nitrogens with zero attached hydrogens (tertiary/aromatic N) is 1. The van der Waals surface area contributed by atoms with Crippen molar-refractivity contribution in [2.24, 2.45) is 11.8 Å². The number of carbonyl (C=O) groups excluding carboxylic acids is 1. The maximum absolute atomic E-state index is 12.4. The lowest BCUT2D eigenvalue weighted by atomic mass is 9.85. The molecule has 1 amide bonds. The van der Waals surface area contributed by atoms with Gasteiger partial charge in [-0.15, -0.1) is 0 Å². The molecule has 0 spiro atoms. The Bertz CT molecular complexity index is 376. The van der Waals surface area contributed by atoms with Crippen molar-refractivity contribution in [3.8, 4) is 0 Å². The van der Waals surface area contributed by atoms with Crippen molar-refractivity contribution in [1.82, 2.24) is 4.90 Å². The van der Waals surface area contributed by atoms with Gasteiger partial charge in [0.2, 0.25) is 5.91 Å². The van der Waals surface area contributed by atoms with Crippen molar-refractivity contribution in [3.05, 3.63) is 36.6 Å². The molecule has 0 aromatic carbocycles. The molecule has 3 aliphatic rings. The molecular weight excluding hydrogens is 198 g/mol. The Kier molecular flexibility index (Phi) is 2.43. The average Bonchev–Trinajstić information content (AvgIpc) is 2.49. The molecule has 0 aromatic heterocycles. The number of amides is 1. The molecule has 3 atom stereocenters. The Morgan fingerprint density at radius 1 is 1.12 bits per heavy atom. The Hall–Kier alpha value is -1.31. The van der Waals surface area contributed by atoms with Crippen molar-refractivity contribution in [3.63, 3.8) is 0 Å². The van der Waals surface area contributed by atoms with Crippen LogP contribution in [0.3, 0.4) is 0 Å². The Balaban J connectivity index is 1.92. The second-order valence-electron chi connectivity index (χ2n) is 4.90. The fourth-order valence-corrected chi connectivity index (χ4v) is 3.03. The van der Waals surface area contributed by atoms with E-state index in [1.54, 1.807) is 0 Å². The van der Waals surface area contributed by atoms with Gasteiger partial charge in [-0.25, -0.2) is 0 Å². The van der Waals surface area contributed by atoms with Gasteiger partial charge in [0.1, 0.15) is 0 Å². The van der Waals surface area contributed by atoms with Gasteiger partial charge >= 0.3 is 0 Å². The highest BCUT2D eigenvalue weighted by Gasteiger charge is 2.36. The van der Waals surface area contributed by atoms with Gasteiger partial charge in [0, 0.05) is 12.2 Å². The van der Waals surface area contributed by atoms with Crippen LogP contribution in [0.25, 0.3) is 0 Å². The van der Waals surface area contributed by atoms with Gasteiger partial charge in [-0.05, 0) is 31.6 Å². The standard InChI is InChI=1S/C14H17NO/c16-14-13-7-2-1-5-11(13)8-9-12-6-3-4-10-15(12)14/h1-2,4-5,7,10-13H,3,6,8-9H2. The predicted molar refractivity (Wildman–Crippen MR) is 63.5 cm³/mol. The summed E-state index contributed by atoms with van der Waals surface area (Å²) in [5, 5.41) is 0. The Morgan fingerprint density at radius 2 is 2.00 bits per heavy atom. The van der Waals surface area contributed by atoms with E-state index < -0.39 is 0 Å². The van der Waals surface area contributed by atoms with Crippen LogP contribution in [0.1, 0.15) is 25.7 Å². The normalized spacial score (nSPS) is 36.9. The fourth-order valence-electron chi connectivity index (χ4n) is 3.03. The molecular formula is C14H17NO. The first kappa shape index (κ1) is 9.88. The van der Waals surface area contributed by atoms with Gasteiger partial charge in [0.15, 0.2) is 0 Å². The minimum Gasteiger partial charge on any atom is -0.316 e. The zero-order valence-corrected chi connectivity index (χ0v) is 9.38. The quantitative estimate of drug-likeness (QED) is 0.608. The van der Waals surface area contributed by atoms with E-state index in [0.29, 0.717) is 17.9 Å². The number of hydrogen-bond acceptors (Lipinski definition) is 1. The first-order valence-corrected chi connectivity index (χ1v) is 6.20. The Morgan fingerprint density at radius 3 is 2.94 bits per heavy atom. The first-order chi connectivity index (χ1) is 7.86. The zero-order valence-electron chi connectivity index (χ0n) is 9.38. The number of fused-ring (bicyclic) bond motifs is 2. The van der Waals surface area contributed by atoms with E-state index in [4.69, 9.17) is 0 Å². The topological polar surface area (TPSA) is 20.3 Å². The van der Waals surface area contributed by atoms with Crippen molar-refractivity contribution >= 4 is 5.91 Å². The molecule has 0 radical (unpaired) electrons. The van der Waals surface area contributed by atoms with Crippen molar-refractivity contribution in [2.75, 3.05) is 0 Å². The van der Waals surface area contributed by atoms with Gasteiger partial charge < -0.3 is 4.90 Å². The van der Waals surface area contributed by atoms with E-state index in [2.05, 4.69) is 24.3 Å². The van der Waals surface area contributed by atoms with Crippen molar-refractivity contribution in [2.45, 2.75) is 31.7 Å². The minimum atomic E-state index is 0.0812. The summed E-state index contributed by atoms with van der Waals surface area (Å²) in [5.74, 6) is 0.804. The second kappa shape index (κ2) is 3.93. The second-order valence-corrected chi connectivity index (χ2v) is 4.90. The fraction of sp³-hybridized carbons (Fsp3) is 0.500. The maximum atomic E-state index is 12.4. The van der Waals surface area contributed by atoms with Crippen LogP contribution in [0, 0.1) is 11.8 Å². The van der Waals surface area contributed by atoms with E-state index in [0.717, 1.165) is 25.7 Å². The summed E-state index contributed by atoms with van der Waals surface area (Å²) < 4.78 is 0. The molecule has 1 fully saturated rings. The molecule has 0 aromatic rings. The van der Waals surface area contributed by atoms with E-state index in [1.165, 1.54) is 0 Å². The number of carbonyl (C=O) groups is 1. The summed E-state index contributed by atoms with van der Waals surface area (Å²) in [6, 6.07) is 0.449. The summed E-state index contributed by atoms with van der Waals surface area (Å²) >= 11 is 0. The lowest BCUT2D eigenvalue weighted by Crippen LogP contribution is -2.39. The maximum Gasteiger partial charge on any atom is 0.234 e. The molecule has 3 rings (SSSR count). The molecule has 1 saturated heterocycles. The molecule has 2 aliphatic heterocycles. The van der Waals surface area contributed by atoms with E-state index in [9.17, 15) is 4.79 Å². The molecule has 1 aliphatic carbocycles. The predicted octanol–water partition coefficient (Wildman–Crippen LogP) is 2.64. The lowest BCUT2D eigenvalue weighted by Gasteiger charge is -2.31. The van der Waals surface area contributed by atoms with Crippen LogP contribution in [0.4, 0.5) is 0 Å². The molecule has 0 bridgehead atoms. The average molecular weight is 215 g/mol. The van der Waals surface area contributed by atoms with E-state index in [1.807, 2.05) is 17.2 Å². The molecule has 3 unspecified atom stereocenters.